The number of hydrogen-bond acceptors (Lipinski definition) is 7. The maximum atomic E-state index is 13.5. The summed E-state index contributed by atoms with van der Waals surface area (Å²) in [5, 5.41) is 11.8. The first-order valence-corrected chi connectivity index (χ1v) is 13.2. The molecule has 2 heterocycles. The average Bonchev–Trinajstić information content (AvgIpc) is 3.46. The second-order valence-electron chi connectivity index (χ2n) is 9.24. The summed E-state index contributed by atoms with van der Waals surface area (Å²) in [4.78, 5) is 33.1. The number of carbonyl (C=O) groups is 2. The standard InChI is InChI=1S/C30H28N2O5S/c1-5-14-37-22-12-8-20(9-13-22)27(33)24-26(19-6-10-21(36-4)11-7-19)32(29(35)28(24)34)30-31-25-18(3)15-17(2)16-23(25)38-30/h6-13,15-16,26,33H,5,14H2,1-4H3. The van der Waals surface area contributed by atoms with Crippen LogP contribution in [0.1, 0.15) is 41.6 Å². The number of benzene rings is 3. The maximum Gasteiger partial charge on any atom is 0.301 e. The lowest BCUT2D eigenvalue weighted by Crippen LogP contribution is -2.29. The second-order valence-corrected chi connectivity index (χ2v) is 10.2. The van der Waals surface area contributed by atoms with Gasteiger partial charge in [-0.15, -0.1) is 0 Å². The van der Waals surface area contributed by atoms with Gasteiger partial charge in [0.05, 0.1) is 35.5 Å². The van der Waals surface area contributed by atoms with E-state index in [9.17, 15) is 14.7 Å². The van der Waals surface area contributed by atoms with Crippen molar-refractivity contribution in [2.75, 3.05) is 18.6 Å². The van der Waals surface area contributed by atoms with Gasteiger partial charge in [-0.2, -0.15) is 0 Å². The SMILES string of the molecule is CCCOc1ccc(C(O)=C2C(=O)C(=O)N(c3nc4c(C)cc(C)cc4s3)C2c2ccc(OC)cc2)cc1. The molecule has 1 N–H and O–H groups in total. The van der Waals surface area contributed by atoms with E-state index >= 15 is 0 Å². The molecule has 0 aliphatic carbocycles. The highest BCUT2D eigenvalue weighted by Gasteiger charge is 2.48. The molecule has 5 rings (SSSR count). The molecule has 1 aromatic heterocycles. The van der Waals surface area contributed by atoms with Gasteiger partial charge >= 0.3 is 5.91 Å². The minimum Gasteiger partial charge on any atom is -0.507 e. The lowest BCUT2D eigenvalue weighted by molar-refractivity contribution is -0.132. The van der Waals surface area contributed by atoms with Gasteiger partial charge in [-0.3, -0.25) is 14.5 Å². The van der Waals surface area contributed by atoms with Gasteiger partial charge in [-0.1, -0.05) is 36.5 Å². The molecular formula is C30H28N2O5S. The van der Waals surface area contributed by atoms with Gasteiger partial charge in [0.1, 0.15) is 17.3 Å². The predicted molar refractivity (Wildman–Crippen MR) is 149 cm³/mol. The quantitative estimate of drug-likeness (QED) is 0.171. The molecule has 4 aromatic rings. The van der Waals surface area contributed by atoms with Gasteiger partial charge < -0.3 is 14.6 Å². The van der Waals surface area contributed by atoms with E-state index in [0.29, 0.717) is 34.4 Å². The van der Waals surface area contributed by atoms with Gasteiger partial charge in [0.2, 0.25) is 0 Å². The van der Waals surface area contributed by atoms with E-state index < -0.39 is 17.7 Å². The monoisotopic (exact) mass is 528 g/mol. The molecule has 1 aliphatic rings. The minimum absolute atomic E-state index is 0.00884. The fourth-order valence-electron chi connectivity index (χ4n) is 4.68. The molecule has 194 valence electrons. The Kier molecular flexibility index (Phi) is 6.91. The Balaban J connectivity index is 1.66. The Hall–Kier alpha value is -4.17. The van der Waals surface area contributed by atoms with Crippen molar-refractivity contribution in [2.45, 2.75) is 33.2 Å². The largest absolute Gasteiger partial charge is 0.507 e. The fourth-order valence-corrected chi connectivity index (χ4v) is 5.85. The van der Waals surface area contributed by atoms with E-state index in [2.05, 4.69) is 0 Å². The topological polar surface area (TPSA) is 89.0 Å². The van der Waals surface area contributed by atoms with Crippen LogP contribution in [-0.4, -0.2) is 35.5 Å². The van der Waals surface area contributed by atoms with Gasteiger partial charge in [0, 0.05) is 5.56 Å². The van der Waals surface area contributed by atoms with Crippen LogP contribution in [0.25, 0.3) is 16.0 Å². The molecule has 3 aromatic carbocycles. The third kappa shape index (κ3) is 4.52. The number of methoxy groups -OCH3 is 1. The predicted octanol–water partition coefficient (Wildman–Crippen LogP) is 6.34. The Morgan fingerprint density at radius 1 is 1.03 bits per heavy atom. The molecule has 1 saturated heterocycles. The third-order valence-electron chi connectivity index (χ3n) is 6.50. The Bertz CT molecular complexity index is 1550. The number of ketones is 1. The summed E-state index contributed by atoms with van der Waals surface area (Å²) in [5.74, 6) is -0.442. The summed E-state index contributed by atoms with van der Waals surface area (Å²) in [6.45, 7) is 6.58. The fraction of sp³-hybridized carbons (Fsp3) is 0.233. The number of amides is 1. The molecule has 0 saturated carbocycles. The van der Waals surface area contributed by atoms with Gasteiger partial charge in [-0.05, 0) is 79.4 Å². The van der Waals surface area contributed by atoms with Crippen LogP contribution in [0.3, 0.4) is 0 Å². The number of hydrogen-bond donors (Lipinski definition) is 1. The molecule has 0 spiro atoms. The van der Waals surface area contributed by atoms with Crippen LogP contribution in [-0.2, 0) is 9.59 Å². The van der Waals surface area contributed by atoms with E-state index in [-0.39, 0.29) is 11.3 Å². The van der Waals surface area contributed by atoms with Crippen molar-refractivity contribution in [3.05, 3.63) is 88.5 Å². The first-order valence-electron chi connectivity index (χ1n) is 12.4. The minimum atomic E-state index is -0.862. The summed E-state index contributed by atoms with van der Waals surface area (Å²) >= 11 is 1.35. The number of Topliss-reactive ketones (excluding diaryl/α,β-unsaturated/α-hetero) is 1. The Morgan fingerprint density at radius 3 is 2.37 bits per heavy atom. The number of rotatable bonds is 7. The van der Waals surface area contributed by atoms with Crippen molar-refractivity contribution in [1.82, 2.24) is 4.98 Å². The number of aromatic nitrogens is 1. The van der Waals surface area contributed by atoms with E-state index in [4.69, 9.17) is 14.5 Å². The number of anilines is 1. The van der Waals surface area contributed by atoms with Crippen LogP contribution in [0, 0.1) is 13.8 Å². The Labute approximate surface area is 225 Å². The summed E-state index contributed by atoms with van der Waals surface area (Å²) in [5.41, 5.74) is 3.95. The van der Waals surface area contributed by atoms with E-state index in [0.717, 1.165) is 27.8 Å². The number of ether oxygens (including phenoxy) is 2. The average molecular weight is 529 g/mol. The van der Waals surface area contributed by atoms with Crippen LogP contribution in [0.4, 0.5) is 5.13 Å². The van der Waals surface area contributed by atoms with Crippen molar-refractivity contribution in [3.63, 3.8) is 0 Å². The van der Waals surface area contributed by atoms with Crippen molar-refractivity contribution >= 4 is 44.1 Å². The first kappa shape index (κ1) is 25.5. The Morgan fingerprint density at radius 2 is 1.71 bits per heavy atom. The summed E-state index contributed by atoms with van der Waals surface area (Å²) < 4.78 is 11.9. The molecule has 1 atom stereocenters. The first-order chi connectivity index (χ1) is 18.3. The lowest BCUT2D eigenvalue weighted by atomic mass is 9.95. The van der Waals surface area contributed by atoms with Crippen LogP contribution >= 0.6 is 11.3 Å². The van der Waals surface area contributed by atoms with Gasteiger partial charge in [0.25, 0.3) is 5.78 Å². The van der Waals surface area contributed by atoms with Gasteiger partial charge in [-0.25, -0.2) is 4.98 Å². The molecule has 7 nitrogen and oxygen atoms in total. The van der Waals surface area contributed by atoms with Gasteiger partial charge in [0.15, 0.2) is 5.13 Å². The number of aryl methyl sites for hydroxylation is 2. The van der Waals surface area contributed by atoms with Crippen LogP contribution in [0.15, 0.2) is 66.2 Å². The normalized spacial score (nSPS) is 16.8. The molecular weight excluding hydrogens is 500 g/mol. The summed E-state index contributed by atoms with van der Waals surface area (Å²) in [6, 6.07) is 17.1. The molecule has 1 unspecified atom stereocenters. The summed E-state index contributed by atoms with van der Waals surface area (Å²) in [7, 11) is 1.57. The zero-order valence-electron chi connectivity index (χ0n) is 21.6. The smallest absolute Gasteiger partial charge is 0.301 e. The summed E-state index contributed by atoms with van der Waals surface area (Å²) in [6.07, 6.45) is 0.873. The lowest BCUT2D eigenvalue weighted by Gasteiger charge is -2.23. The molecule has 8 heteroatoms. The molecule has 1 aliphatic heterocycles. The molecule has 1 fully saturated rings. The molecule has 0 bridgehead atoms. The number of aliphatic hydroxyl groups excluding tert-OH is 1. The van der Waals surface area contributed by atoms with Crippen molar-refractivity contribution in [1.29, 1.82) is 0 Å². The van der Waals surface area contributed by atoms with Crippen LogP contribution < -0.4 is 14.4 Å². The van der Waals surface area contributed by atoms with Crippen molar-refractivity contribution < 1.29 is 24.2 Å². The zero-order valence-corrected chi connectivity index (χ0v) is 22.5. The van der Waals surface area contributed by atoms with E-state index in [1.807, 2.05) is 32.9 Å². The van der Waals surface area contributed by atoms with E-state index in [1.165, 1.54) is 16.2 Å². The number of nitrogens with zero attached hydrogens (tertiary/aromatic N) is 2. The molecule has 0 radical (unpaired) electrons. The van der Waals surface area contributed by atoms with Crippen LogP contribution in [0.2, 0.25) is 0 Å². The highest BCUT2D eigenvalue weighted by Crippen LogP contribution is 2.45. The second kappa shape index (κ2) is 10.3. The number of carbonyl (C=O) groups excluding carboxylic acids is 2. The number of aliphatic hydroxyl groups is 1. The molecule has 38 heavy (non-hydrogen) atoms. The van der Waals surface area contributed by atoms with Crippen molar-refractivity contribution in [2.24, 2.45) is 0 Å². The highest BCUT2D eigenvalue weighted by molar-refractivity contribution is 7.22. The van der Waals surface area contributed by atoms with E-state index in [1.54, 1.807) is 55.6 Å². The molecule has 1 amide bonds. The maximum absolute atomic E-state index is 13.5. The number of thiazole rings is 1. The number of fused-ring (bicyclic) bond motifs is 1. The van der Waals surface area contributed by atoms with Crippen molar-refractivity contribution in [3.8, 4) is 11.5 Å². The van der Waals surface area contributed by atoms with Crippen LogP contribution in [0.5, 0.6) is 11.5 Å². The highest BCUT2D eigenvalue weighted by atomic mass is 32.1. The zero-order chi connectivity index (χ0) is 27.0. The third-order valence-corrected chi connectivity index (χ3v) is 7.50.